The number of halogens is 1. The Morgan fingerprint density at radius 1 is 1.58 bits per heavy atom. The fourth-order valence-electron chi connectivity index (χ4n) is 2.16. The first-order valence-corrected chi connectivity index (χ1v) is 6.40. The molecule has 0 aromatic heterocycles. The van der Waals surface area contributed by atoms with Crippen LogP contribution in [0.3, 0.4) is 0 Å². The summed E-state index contributed by atoms with van der Waals surface area (Å²) < 4.78 is 5.63. The third-order valence-electron chi connectivity index (χ3n) is 3.31. The average molecular weight is 286 g/mol. The minimum Gasteiger partial charge on any atom is -0.491 e. The van der Waals surface area contributed by atoms with Crippen molar-refractivity contribution in [2.45, 2.75) is 26.5 Å². The van der Waals surface area contributed by atoms with E-state index < -0.39 is 12.2 Å². The smallest absolute Gasteiger partial charge is 0.407 e. The fourth-order valence-corrected chi connectivity index (χ4v) is 2.39. The van der Waals surface area contributed by atoms with Gasteiger partial charge in [-0.25, -0.2) is 4.79 Å². The highest BCUT2D eigenvalue weighted by atomic mass is 35.5. The number of hydrogen-bond donors (Lipinski definition) is 2. The first kappa shape index (κ1) is 14.0. The lowest BCUT2D eigenvalue weighted by molar-refractivity contribution is 0.137. The number of rotatable bonds is 1. The molecule has 2 N–H and O–H groups in total. The molecule has 1 aromatic rings. The zero-order chi connectivity index (χ0) is 14.2. The molecule has 5 nitrogen and oxygen atoms in total. The summed E-state index contributed by atoms with van der Waals surface area (Å²) in [5.74, 6) is 0.556. The van der Waals surface area contributed by atoms with E-state index in [1.807, 2.05) is 6.92 Å². The lowest BCUT2D eigenvalue weighted by atomic mass is 10.00. The van der Waals surface area contributed by atoms with E-state index in [0.29, 0.717) is 22.9 Å². The van der Waals surface area contributed by atoms with Gasteiger partial charge in [-0.2, -0.15) is 0 Å². The summed E-state index contributed by atoms with van der Waals surface area (Å²) in [6.45, 7) is 4.23. The summed E-state index contributed by atoms with van der Waals surface area (Å²) in [6, 6.07) is 1.68. The van der Waals surface area contributed by atoms with Gasteiger partial charge in [-0.15, -0.1) is 0 Å². The Morgan fingerprint density at radius 2 is 2.26 bits per heavy atom. The Kier molecular flexibility index (Phi) is 3.87. The summed E-state index contributed by atoms with van der Waals surface area (Å²) in [5, 5.41) is 19.4. The molecule has 0 saturated carbocycles. The van der Waals surface area contributed by atoms with Gasteiger partial charge in [-0.05, 0) is 25.5 Å². The normalized spacial score (nSPS) is 16.3. The first-order chi connectivity index (χ1) is 8.91. The number of amides is 1. The number of carbonyl (C=O) groups is 1. The van der Waals surface area contributed by atoms with Crippen LogP contribution in [0.15, 0.2) is 6.07 Å². The minimum atomic E-state index is -0.991. The van der Waals surface area contributed by atoms with Crippen molar-refractivity contribution in [2.75, 3.05) is 13.2 Å². The van der Waals surface area contributed by atoms with Crippen molar-refractivity contribution in [3.63, 3.8) is 0 Å². The molecule has 1 aromatic carbocycles. The molecule has 1 unspecified atom stereocenters. The van der Waals surface area contributed by atoms with Crippen LogP contribution in [0.4, 0.5) is 4.79 Å². The summed E-state index contributed by atoms with van der Waals surface area (Å²) in [4.78, 5) is 12.4. The maximum atomic E-state index is 11.1. The molecule has 6 heteroatoms. The van der Waals surface area contributed by atoms with Crippen LogP contribution in [0.5, 0.6) is 5.75 Å². The van der Waals surface area contributed by atoms with Gasteiger partial charge in [0, 0.05) is 16.1 Å². The predicted octanol–water partition coefficient (Wildman–Crippen LogP) is 2.57. The molecule has 1 amide bonds. The van der Waals surface area contributed by atoms with Gasteiger partial charge < -0.3 is 19.8 Å². The number of nitrogens with zero attached hydrogens (tertiary/aromatic N) is 1. The average Bonchev–Trinajstić information content (AvgIpc) is 2.56. The molecule has 1 atom stereocenters. The van der Waals surface area contributed by atoms with Crippen LogP contribution in [0.25, 0.3) is 0 Å². The zero-order valence-corrected chi connectivity index (χ0v) is 11.6. The molecule has 1 aliphatic rings. The monoisotopic (exact) mass is 285 g/mol. The molecule has 0 saturated heterocycles. The maximum Gasteiger partial charge on any atom is 0.407 e. The topological polar surface area (TPSA) is 70.0 Å². The van der Waals surface area contributed by atoms with Crippen LogP contribution in [0.2, 0.25) is 5.02 Å². The van der Waals surface area contributed by atoms with Gasteiger partial charge in [0.1, 0.15) is 12.4 Å². The van der Waals surface area contributed by atoms with Gasteiger partial charge in [-0.1, -0.05) is 11.6 Å². The van der Waals surface area contributed by atoms with Crippen LogP contribution >= 0.6 is 11.6 Å². The lowest BCUT2D eigenvalue weighted by Gasteiger charge is -2.19. The molecule has 1 heterocycles. The number of aliphatic hydroxyl groups is 1. The van der Waals surface area contributed by atoms with Crippen LogP contribution in [0, 0.1) is 6.92 Å². The SMILES string of the molecule is Cc1c(Cl)cc(C(C)O)c2c1CN(C(=O)O)CCO2. The molecular formula is C13H16ClNO4. The van der Waals surface area contributed by atoms with Crippen molar-refractivity contribution >= 4 is 17.7 Å². The summed E-state index contributed by atoms with van der Waals surface area (Å²) in [7, 11) is 0. The quantitative estimate of drug-likeness (QED) is 0.832. The van der Waals surface area contributed by atoms with Crippen LogP contribution in [-0.4, -0.2) is 34.4 Å². The van der Waals surface area contributed by atoms with Gasteiger partial charge in [-0.3, -0.25) is 0 Å². The Bertz CT molecular complexity index is 516. The van der Waals surface area contributed by atoms with E-state index in [9.17, 15) is 9.90 Å². The van der Waals surface area contributed by atoms with Crippen molar-refractivity contribution in [2.24, 2.45) is 0 Å². The van der Waals surface area contributed by atoms with Gasteiger partial charge in [0.2, 0.25) is 0 Å². The highest BCUT2D eigenvalue weighted by Gasteiger charge is 2.25. The Morgan fingerprint density at radius 3 is 2.84 bits per heavy atom. The number of carboxylic acid groups (broad SMARTS) is 1. The summed E-state index contributed by atoms with van der Waals surface area (Å²) in [6.07, 6.45) is -1.71. The largest absolute Gasteiger partial charge is 0.491 e. The van der Waals surface area contributed by atoms with Crippen molar-refractivity contribution in [1.29, 1.82) is 0 Å². The number of benzene rings is 1. The molecule has 1 aliphatic heterocycles. The fraction of sp³-hybridized carbons (Fsp3) is 0.462. The molecule has 0 bridgehead atoms. The molecule has 0 radical (unpaired) electrons. The second kappa shape index (κ2) is 5.27. The van der Waals surface area contributed by atoms with Crippen molar-refractivity contribution in [1.82, 2.24) is 4.90 Å². The predicted molar refractivity (Wildman–Crippen MR) is 70.8 cm³/mol. The molecule has 0 aliphatic carbocycles. The van der Waals surface area contributed by atoms with Gasteiger partial charge in [0.25, 0.3) is 0 Å². The molecule has 104 valence electrons. The second-order valence-corrected chi connectivity index (χ2v) is 5.02. The van der Waals surface area contributed by atoms with Crippen molar-refractivity contribution in [3.8, 4) is 5.75 Å². The summed E-state index contributed by atoms with van der Waals surface area (Å²) in [5.41, 5.74) is 2.11. The third kappa shape index (κ3) is 2.62. The standard InChI is InChI=1S/C13H16ClNO4/c1-7-10-6-15(13(17)18)3-4-19-12(10)9(8(2)16)5-11(7)14/h5,8,16H,3-4,6H2,1-2H3,(H,17,18). The lowest BCUT2D eigenvalue weighted by Crippen LogP contribution is -2.31. The van der Waals surface area contributed by atoms with E-state index in [1.165, 1.54) is 4.90 Å². The minimum absolute atomic E-state index is 0.219. The van der Waals surface area contributed by atoms with E-state index >= 15 is 0 Å². The van der Waals surface area contributed by atoms with E-state index in [0.717, 1.165) is 11.1 Å². The Balaban J connectivity index is 2.55. The van der Waals surface area contributed by atoms with E-state index in [4.69, 9.17) is 21.4 Å². The van der Waals surface area contributed by atoms with Crippen LogP contribution in [0.1, 0.15) is 29.7 Å². The molecule has 0 spiro atoms. The highest BCUT2D eigenvalue weighted by Crippen LogP contribution is 2.37. The Labute approximate surface area is 116 Å². The highest BCUT2D eigenvalue weighted by molar-refractivity contribution is 6.31. The number of ether oxygens (including phenoxy) is 1. The zero-order valence-electron chi connectivity index (χ0n) is 10.8. The Hall–Kier alpha value is -1.46. The maximum absolute atomic E-state index is 11.1. The van der Waals surface area contributed by atoms with E-state index in [1.54, 1.807) is 13.0 Å². The van der Waals surface area contributed by atoms with Crippen molar-refractivity contribution < 1.29 is 19.7 Å². The van der Waals surface area contributed by atoms with Gasteiger partial charge >= 0.3 is 6.09 Å². The number of aliphatic hydroxyl groups excluding tert-OH is 1. The first-order valence-electron chi connectivity index (χ1n) is 6.02. The van der Waals surface area contributed by atoms with Gasteiger partial charge in [0.15, 0.2) is 0 Å². The number of hydrogen-bond acceptors (Lipinski definition) is 3. The van der Waals surface area contributed by atoms with E-state index in [2.05, 4.69) is 0 Å². The van der Waals surface area contributed by atoms with E-state index in [-0.39, 0.29) is 13.2 Å². The molecule has 2 rings (SSSR count). The summed E-state index contributed by atoms with van der Waals surface area (Å²) >= 11 is 6.14. The number of fused-ring (bicyclic) bond motifs is 1. The van der Waals surface area contributed by atoms with Crippen LogP contribution in [-0.2, 0) is 6.54 Å². The van der Waals surface area contributed by atoms with Crippen molar-refractivity contribution in [3.05, 3.63) is 27.8 Å². The third-order valence-corrected chi connectivity index (χ3v) is 3.70. The molecule has 0 fully saturated rings. The van der Waals surface area contributed by atoms with Crippen LogP contribution < -0.4 is 4.74 Å². The van der Waals surface area contributed by atoms with Gasteiger partial charge in [0.05, 0.1) is 19.2 Å². The molecular weight excluding hydrogens is 270 g/mol. The molecule has 19 heavy (non-hydrogen) atoms. The second-order valence-electron chi connectivity index (χ2n) is 4.61.